The van der Waals surface area contributed by atoms with E-state index in [1.54, 1.807) is 53.5 Å². The van der Waals surface area contributed by atoms with Crippen LogP contribution in [0.15, 0.2) is 60.7 Å². The standard InChI is InChI=1S/C31H47N3O6/c1-30(2,3)34(29(38)39)25(19-23-16-12-9-13-17-23)27(36)21-33(7)20-26(35)24(18-22-14-10-8-11-15-22)32-28(37)40-31(4,5)6/h8-17,24-27,35-36H,18-21H2,1-7H3,(H,32,37)(H,38,39)/t24-,25-,26-,27?/m0/s1. The Kier molecular flexibility index (Phi) is 12.0. The third-order valence-electron chi connectivity index (χ3n) is 6.45. The van der Waals surface area contributed by atoms with Crippen molar-refractivity contribution in [2.45, 2.75) is 89.8 Å². The van der Waals surface area contributed by atoms with Crippen molar-refractivity contribution >= 4 is 12.2 Å². The number of hydrogen-bond acceptors (Lipinski definition) is 6. The number of amides is 2. The molecule has 0 fully saturated rings. The number of carboxylic acid groups (broad SMARTS) is 1. The van der Waals surface area contributed by atoms with Crippen molar-refractivity contribution < 1.29 is 29.6 Å². The highest BCUT2D eigenvalue weighted by Crippen LogP contribution is 2.23. The lowest BCUT2D eigenvalue weighted by molar-refractivity contribution is -0.0110. The van der Waals surface area contributed by atoms with Crippen molar-refractivity contribution in [3.63, 3.8) is 0 Å². The smallest absolute Gasteiger partial charge is 0.408 e. The topological polar surface area (TPSA) is 123 Å². The van der Waals surface area contributed by atoms with Crippen molar-refractivity contribution in [2.75, 3.05) is 20.1 Å². The number of aliphatic hydroxyl groups is 2. The molecular weight excluding hydrogens is 510 g/mol. The highest BCUT2D eigenvalue weighted by Gasteiger charge is 2.38. The summed E-state index contributed by atoms with van der Waals surface area (Å²) in [5.74, 6) is 0. The summed E-state index contributed by atoms with van der Waals surface area (Å²) in [7, 11) is 1.75. The molecule has 9 nitrogen and oxygen atoms in total. The molecule has 1 unspecified atom stereocenters. The van der Waals surface area contributed by atoms with E-state index in [0.29, 0.717) is 12.8 Å². The molecule has 0 radical (unpaired) electrons. The second-order valence-corrected chi connectivity index (χ2v) is 12.4. The van der Waals surface area contributed by atoms with Crippen LogP contribution in [-0.4, -0.2) is 92.9 Å². The van der Waals surface area contributed by atoms with Gasteiger partial charge in [0.1, 0.15) is 5.60 Å². The molecule has 4 atom stereocenters. The van der Waals surface area contributed by atoms with Gasteiger partial charge in [0.15, 0.2) is 0 Å². The number of carbonyl (C=O) groups is 2. The van der Waals surface area contributed by atoms with Gasteiger partial charge in [-0.25, -0.2) is 9.59 Å². The summed E-state index contributed by atoms with van der Waals surface area (Å²) >= 11 is 0. The molecule has 222 valence electrons. The third-order valence-corrected chi connectivity index (χ3v) is 6.45. The average molecular weight is 558 g/mol. The Morgan fingerprint density at radius 2 is 1.30 bits per heavy atom. The summed E-state index contributed by atoms with van der Waals surface area (Å²) in [6, 6.07) is 17.6. The molecule has 0 aromatic heterocycles. The molecular formula is C31H47N3O6. The first-order valence-corrected chi connectivity index (χ1v) is 13.7. The van der Waals surface area contributed by atoms with E-state index in [2.05, 4.69) is 5.32 Å². The van der Waals surface area contributed by atoms with Crippen molar-refractivity contribution in [1.29, 1.82) is 0 Å². The lowest BCUT2D eigenvalue weighted by atomic mass is 9.94. The molecule has 2 amide bonds. The second kappa shape index (κ2) is 14.5. The van der Waals surface area contributed by atoms with Crippen molar-refractivity contribution in [2.24, 2.45) is 0 Å². The van der Waals surface area contributed by atoms with Gasteiger partial charge in [0.2, 0.25) is 0 Å². The number of carbonyl (C=O) groups excluding carboxylic acids is 1. The van der Waals surface area contributed by atoms with Gasteiger partial charge in [-0.15, -0.1) is 0 Å². The molecule has 0 heterocycles. The van der Waals surface area contributed by atoms with Gasteiger partial charge in [0, 0.05) is 18.6 Å². The van der Waals surface area contributed by atoms with Gasteiger partial charge in [-0.3, -0.25) is 4.90 Å². The summed E-state index contributed by atoms with van der Waals surface area (Å²) in [5, 5.41) is 35.4. The van der Waals surface area contributed by atoms with Gasteiger partial charge in [-0.1, -0.05) is 60.7 Å². The monoisotopic (exact) mass is 557 g/mol. The molecule has 4 N–H and O–H groups in total. The number of alkyl carbamates (subject to hydrolysis) is 1. The van der Waals surface area contributed by atoms with E-state index in [0.717, 1.165) is 11.1 Å². The molecule has 40 heavy (non-hydrogen) atoms. The van der Waals surface area contributed by atoms with Crippen LogP contribution >= 0.6 is 0 Å². The zero-order valence-corrected chi connectivity index (χ0v) is 24.9. The summed E-state index contributed by atoms with van der Waals surface area (Å²) in [6.45, 7) is 11.0. The molecule has 0 aliphatic carbocycles. The number of ether oxygens (including phenoxy) is 1. The maximum atomic E-state index is 12.6. The summed E-state index contributed by atoms with van der Waals surface area (Å²) < 4.78 is 5.42. The van der Waals surface area contributed by atoms with Gasteiger partial charge in [0.25, 0.3) is 0 Å². The SMILES string of the molecule is CN(CC(O)[C@H](Cc1ccccc1)N(C(=O)O)C(C)(C)C)C[C@H](O)[C@H](Cc1ccccc1)NC(=O)OC(C)(C)C. The second-order valence-electron chi connectivity index (χ2n) is 12.4. The van der Waals surface area contributed by atoms with E-state index in [9.17, 15) is 24.9 Å². The molecule has 9 heteroatoms. The Hall–Kier alpha value is -3.14. The highest BCUT2D eigenvalue weighted by molar-refractivity contribution is 5.68. The Morgan fingerprint density at radius 3 is 1.75 bits per heavy atom. The molecule has 0 spiro atoms. The predicted octanol–water partition coefficient (Wildman–Crippen LogP) is 4.17. The van der Waals surface area contributed by atoms with E-state index in [-0.39, 0.29) is 13.1 Å². The van der Waals surface area contributed by atoms with Gasteiger partial charge in [-0.05, 0) is 72.6 Å². The van der Waals surface area contributed by atoms with Gasteiger partial charge < -0.3 is 30.3 Å². The highest BCUT2D eigenvalue weighted by atomic mass is 16.6. The Morgan fingerprint density at radius 1 is 0.825 bits per heavy atom. The van der Waals surface area contributed by atoms with Crippen LogP contribution < -0.4 is 5.32 Å². The fraction of sp³-hybridized carbons (Fsp3) is 0.548. The summed E-state index contributed by atoms with van der Waals surface area (Å²) in [6.07, 6.45) is -3.06. The van der Waals surface area contributed by atoms with Crippen molar-refractivity contribution in [3.8, 4) is 0 Å². The lowest BCUT2D eigenvalue weighted by Crippen LogP contribution is -2.58. The lowest BCUT2D eigenvalue weighted by Gasteiger charge is -2.42. The Balaban J connectivity index is 2.19. The first-order valence-electron chi connectivity index (χ1n) is 13.7. The number of rotatable bonds is 12. The number of aliphatic hydroxyl groups excluding tert-OH is 2. The fourth-order valence-electron chi connectivity index (χ4n) is 4.75. The zero-order valence-electron chi connectivity index (χ0n) is 24.9. The fourth-order valence-corrected chi connectivity index (χ4v) is 4.75. The average Bonchev–Trinajstić information content (AvgIpc) is 2.82. The van der Waals surface area contributed by atoms with E-state index < -0.39 is 47.6 Å². The summed E-state index contributed by atoms with van der Waals surface area (Å²) in [4.78, 5) is 27.9. The minimum Gasteiger partial charge on any atom is -0.465 e. The molecule has 0 aliphatic rings. The molecule has 2 rings (SSSR count). The van der Waals surface area contributed by atoms with Crippen LogP contribution in [0.1, 0.15) is 52.7 Å². The van der Waals surface area contributed by atoms with E-state index >= 15 is 0 Å². The maximum absolute atomic E-state index is 12.6. The van der Waals surface area contributed by atoms with Gasteiger partial charge >= 0.3 is 12.2 Å². The number of nitrogens with one attached hydrogen (secondary N) is 1. The van der Waals surface area contributed by atoms with E-state index in [4.69, 9.17) is 4.74 Å². The van der Waals surface area contributed by atoms with E-state index in [1.165, 1.54) is 4.90 Å². The van der Waals surface area contributed by atoms with Crippen LogP contribution in [0.2, 0.25) is 0 Å². The minimum absolute atomic E-state index is 0.110. The van der Waals surface area contributed by atoms with Crippen LogP contribution in [0.4, 0.5) is 9.59 Å². The van der Waals surface area contributed by atoms with Gasteiger partial charge in [0.05, 0.1) is 24.3 Å². The number of benzene rings is 2. The molecule has 2 aromatic rings. The minimum atomic E-state index is -1.11. The first kappa shape index (κ1) is 33.1. The summed E-state index contributed by atoms with van der Waals surface area (Å²) in [5.41, 5.74) is 0.414. The van der Waals surface area contributed by atoms with Crippen molar-refractivity contribution in [1.82, 2.24) is 15.1 Å². The number of likely N-dealkylation sites (N-methyl/N-ethyl adjacent to an activating group) is 1. The molecule has 0 aliphatic heterocycles. The molecule has 2 aromatic carbocycles. The molecule has 0 saturated heterocycles. The van der Waals surface area contributed by atoms with Crippen LogP contribution in [-0.2, 0) is 17.6 Å². The van der Waals surface area contributed by atoms with E-state index in [1.807, 2.05) is 60.7 Å². The quantitative estimate of drug-likeness (QED) is 0.309. The molecule has 0 bridgehead atoms. The molecule has 0 saturated carbocycles. The van der Waals surface area contributed by atoms with Crippen LogP contribution in [0.5, 0.6) is 0 Å². The number of hydrogen-bond donors (Lipinski definition) is 4. The zero-order chi connectivity index (χ0) is 30.1. The predicted molar refractivity (Wildman–Crippen MR) is 156 cm³/mol. The first-order chi connectivity index (χ1) is 18.6. The van der Waals surface area contributed by atoms with Crippen LogP contribution in [0.3, 0.4) is 0 Å². The Labute approximate surface area is 238 Å². The van der Waals surface area contributed by atoms with Gasteiger partial charge in [-0.2, -0.15) is 0 Å². The normalized spacial score (nSPS) is 15.2. The number of nitrogens with zero attached hydrogens (tertiary/aromatic N) is 2. The van der Waals surface area contributed by atoms with Crippen molar-refractivity contribution in [3.05, 3.63) is 71.8 Å². The maximum Gasteiger partial charge on any atom is 0.408 e. The van der Waals surface area contributed by atoms with Crippen LogP contribution in [0.25, 0.3) is 0 Å². The van der Waals surface area contributed by atoms with Crippen LogP contribution in [0, 0.1) is 0 Å². The third kappa shape index (κ3) is 11.2. The Bertz CT molecular complexity index is 1050. The largest absolute Gasteiger partial charge is 0.465 e.